The van der Waals surface area contributed by atoms with Crippen LogP contribution in [0, 0.1) is 13.8 Å². The highest BCUT2D eigenvalue weighted by Crippen LogP contribution is 2.43. The van der Waals surface area contributed by atoms with Crippen LogP contribution in [0.4, 0.5) is 5.69 Å². The number of benzene rings is 2. The van der Waals surface area contributed by atoms with Crippen LogP contribution in [0.3, 0.4) is 0 Å². The lowest BCUT2D eigenvalue weighted by Gasteiger charge is -2.31. The molecule has 1 atom stereocenters. The number of hydrogen-bond donors (Lipinski definition) is 1. The Bertz CT molecular complexity index is 949. The van der Waals surface area contributed by atoms with Crippen molar-refractivity contribution < 1.29 is 14.7 Å². The lowest BCUT2D eigenvalue weighted by atomic mass is 9.87. The number of piperidine rings is 1. The third kappa shape index (κ3) is 3.61. The van der Waals surface area contributed by atoms with Gasteiger partial charge in [-0.2, -0.15) is 0 Å². The highest BCUT2D eigenvalue weighted by atomic mass is 16.3. The molecule has 0 saturated carbocycles. The number of rotatable bonds is 5. The normalized spacial score (nSPS) is 22.0. The smallest absolute Gasteiger partial charge is 0.265 e. The zero-order valence-corrected chi connectivity index (χ0v) is 17.1. The summed E-state index contributed by atoms with van der Waals surface area (Å²) < 4.78 is 0. The van der Waals surface area contributed by atoms with Crippen LogP contribution in [0.2, 0.25) is 0 Å². The number of Topliss-reactive ketones (excluding diaryl/α,β-unsaturated/α-hetero) is 1. The van der Waals surface area contributed by atoms with Crippen LogP contribution in [0.1, 0.15) is 52.7 Å². The molecule has 1 fully saturated rings. The summed E-state index contributed by atoms with van der Waals surface area (Å²) >= 11 is 0. The van der Waals surface area contributed by atoms with Gasteiger partial charge in [0.25, 0.3) is 5.91 Å². The molecule has 1 amide bonds. The third-order valence-corrected chi connectivity index (χ3v) is 6.14. The molecule has 5 heteroatoms. The Hall–Kier alpha value is -2.50. The van der Waals surface area contributed by atoms with Crippen molar-refractivity contribution in [2.24, 2.45) is 0 Å². The number of nitrogens with zero attached hydrogens (tertiary/aromatic N) is 2. The van der Waals surface area contributed by atoms with E-state index in [1.165, 1.54) is 6.42 Å². The molecule has 2 aromatic carbocycles. The highest BCUT2D eigenvalue weighted by Gasteiger charge is 2.51. The van der Waals surface area contributed by atoms with Crippen molar-refractivity contribution in [3.8, 4) is 0 Å². The maximum Gasteiger partial charge on any atom is 0.265 e. The van der Waals surface area contributed by atoms with Gasteiger partial charge in [0.15, 0.2) is 11.4 Å². The molecule has 4 rings (SSSR count). The molecule has 0 aliphatic carbocycles. The number of para-hydroxylation sites is 1. The van der Waals surface area contributed by atoms with Crippen LogP contribution in [-0.4, -0.2) is 41.5 Å². The fourth-order valence-corrected chi connectivity index (χ4v) is 4.48. The molecule has 2 heterocycles. The van der Waals surface area contributed by atoms with Crippen molar-refractivity contribution >= 4 is 17.4 Å². The zero-order valence-electron chi connectivity index (χ0n) is 17.1. The van der Waals surface area contributed by atoms with Gasteiger partial charge in [-0.15, -0.1) is 0 Å². The quantitative estimate of drug-likeness (QED) is 0.791. The minimum absolute atomic E-state index is 0.211. The average molecular weight is 392 g/mol. The SMILES string of the molecule is Cc1ccc(C)c(C(=O)CC2(O)C(=O)N(CN3CCCCC3)c3ccccc32)c1. The Morgan fingerprint density at radius 1 is 1.07 bits per heavy atom. The molecule has 152 valence electrons. The number of anilines is 1. The number of carbonyl (C=O) groups excluding carboxylic acids is 2. The Kier molecular flexibility index (Phi) is 5.28. The summed E-state index contributed by atoms with van der Waals surface area (Å²) in [4.78, 5) is 30.4. The van der Waals surface area contributed by atoms with Crippen LogP contribution in [-0.2, 0) is 10.4 Å². The second kappa shape index (κ2) is 7.73. The first kappa shape index (κ1) is 19.8. The number of hydrogen-bond acceptors (Lipinski definition) is 4. The molecule has 5 nitrogen and oxygen atoms in total. The van der Waals surface area contributed by atoms with Crippen molar-refractivity contribution in [1.82, 2.24) is 4.90 Å². The molecule has 2 aromatic rings. The average Bonchev–Trinajstić information content (AvgIpc) is 2.92. The first-order valence-electron chi connectivity index (χ1n) is 10.4. The van der Waals surface area contributed by atoms with Crippen molar-refractivity contribution in [3.63, 3.8) is 0 Å². The molecule has 2 aliphatic heterocycles. The van der Waals surface area contributed by atoms with Crippen molar-refractivity contribution in [2.45, 2.75) is 45.1 Å². The van der Waals surface area contributed by atoms with E-state index in [9.17, 15) is 14.7 Å². The lowest BCUT2D eigenvalue weighted by molar-refractivity contribution is -0.136. The second-order valence-corrected chi connectivity index (χ2v) is 8.35. The summed E-state index contributed by atoms with van der Waals surface area (Å²) in [6.07, 6.45) is 3.22. The van der Waals surface area contributed by atoms with Crippen LogP contribution >= 0.6 is 0 Å². The van der Waals surface area contributed by atoms with E-state index >= 15 is 0 Å². The molecule has 29 heavy (non-hydrogen) atoms. The van der Waals surface area contributed by atoms with Crippen molar-refractivity contribution in [3.05, 3.63) is 64.7 Å². The van der Waals surface area contributed by atoms with Gasteiger partial charge in [0, 0.05) is 11.1 Å². The number of aliphatic hydroxyl groups is 1. The summed E-state index contributed by atoms with van der Waals surface area (Å²) in [5.74, 6) is -0.611. The molecule has 1 saturated heterocycles. The largest absolute Gasteiger partial charge is 0.375 e. The minimum atomic E-state index is -1.82. The van der Waals surface area contributed by atoms with Crippen molar-refractivity contribution in [2.75, 3.05) is 24.7 Å². The molecule has 0 bridgehead atoms. The van der Waals surface area contributed by atoms with Gasteiger partial charge in [-0.1, -0.05) is 42.3 Å². The Morgan fingerprint density at radius 2 is 1.79 bits per heavy atom. The summed E-state index contributed by atoms with van der Waals surface area (Å²) in [5, 5.41) is 11.5. The van der Waals surface area contributed by atoms with Crippen LogP contribution < -0.4 is 4.90 Å². The number of carbonyl (C=O) groups is 2. The topological polar surface area (TPSA) is 60.9 Å². The molecule has 0 spiro atoms. The van der Waals surface area contributed by atoms with Crippen molar-refractivity contribution in [1.29, 1.82) is 0 Å². The molecule has 0 radical (unpaired) electrons. The van der Waals surface area contributed by atoms with E-state index in [2.05, 4.69) is 4.90 Å². The maximum absolute atomic E-state index is 13.4. The summed E-state index contributed by atoms with van der Waals surface area (Å²) in [6, 6.07) is 13.0. The van der Waals surface area contributed by atoms with Gasteiger partial charge in [-0.25, -0.2) is 0 Å². The fraction of sp³-hybridized carbons (Fsp3) is 0.417. The van der Waals surface area contributed by atoms with Gasteiger partial charge in [0.1, 0.15) is 0 Å². The predicted octanol–water partition coefficient (Wildman–Crippen LogP) is 3.55. The zero-order chi connectivity index (χ0) is 20.6. The molecule has 1 N–H and O–H groups in total. The third-order valence-electron chi connectivity index (χ3n) is 6.14. The molecular formula is C24H28N2O3. The monoisotopic (exact) mass is 392 g/mol. The predicted molar refractivity (Wildman–Crippen MR) is 113 cm³/mol. The number of amides is 1. The molecule has 0 aromatic heterocycles. The number of likely N-dealkylation sites (tertiary alicyclic amines) is 1. The number of ketones is 1. The van der Waals surface area contributed by atoms with Crippen LogP contribution in [0.5, 0.6) is 0 Å². The molecular weight excluding hydrogens is 364 g/mol. The van der Waals surface area contributed by atoms with Gasteiger partial charge in [0.05, 0.1) is 18.8 Å². The first-order valence-corrected chi connectivity index (χ1v) is 10.4. The minimum Gasteiger partial charge on any atom is -0.375 e. The fourth-order valence-electron chi connectivity index (χ4n) is 4.48. The van der Waals surface area contributed by atoms with Gasteiger partial charge < -0.3 is 5.11 Å². The van der Waals surface area contributed by atoms with E-state index < -0.39 is 11.5 Å². The van der Waals surface area contributed by atoms with Gasteiger partial charge in [0.2, 0.25) is 0 Å². The first-order chi connectivity index (χ1) is 13.9. The number of fused-ring (bicyclic) bond motifs is 1. The highest BCUT2D eigenvalue weighted by molar-refractivity contribution is 6.11. The summed E-state index contributed by atoms with van der Waals surface area (Å²) in [5.41, 5.74) is 1.82. The summed E-state index contributed by atoms with van der Waals surface area (Å²) in [7, 11) is 0. The Balaban J connectivity index is 1.64. The van der Waals surface area contributed by atoms with Gasteiger partial charge in [-0.05, 0) is 57.5 Å². The van der Waals surface area contributed by atoms with Crippen LogP contribution in [0.15, 0.2) is 42.5 Å². The van der Waals surface area contributed by atoms with E-state index in [1.54, 1.807) is 11.0 Å². The Labute approximate surface area is 171 Å². The second-order valence-electron chi connectivity index (χ2n) is 8.35. The van der Waals surface area contributed by atoms with E-state index in [0.717, 1.165) is 37.1 Å². The van der Waals surface area contributed by atoms with Gasteiger partial charge in [-0.3, -0.25) is 19.4 Å². The lowest BCUT2D eigenvalue weighted by Crippen LogP contribution is -2.47. The van der Waals surface area contributed by atoms with Gasteiger partial charge >= 0.3 is 0 Å². The maximum atomic E-state index is 13.4. The van der Waals surface area contributed by atoms with E-state index in [1.807, 2.05) is 50.2 Å². The van der Waals surface area contributed by atoms with E-state index in [-0.39, 0.29) is 12.2 Å². The number of aryl methyl sites for hydroxylation is 2. The van der Waals surface area contributed by atoms with Crippen LogP contribution in [0.25, 0.3) is 0 Å². The van der Waals surface area contributed by atoms with E-state index in [4.69, 9.17) is 0 Å². The Morgan fingerprint density at radius 3 is 2.55 bits per heavy atom. The van der Waals surface area contributed by atoms with E-state index in [0.29, 0.717) is 23.5 Å². The summed E-state index contributed by atoms with van der Waals surface area (Å²) in [6.45, 7) is 6.17. The molecule has 1 unspecified atom stereocenters. The molecule has 2 aliphatic rings. The standard InChI is InChI=1S/C24H28N2O3/c1-17-10-11-18(2)19(14-17)22(27)15-24(29)20-8-4-5-9-21(20)26(23(24)28)16-25-12-6-3-7-13-25/h4-5,8-11,14,29H,3,6-7,12-13,15-16H2,1-2H3.